The molecule has 0 radical (unpaired) electrons. The van der Waals surface area contributed by atoms with E-state index in [-0.39, 0.29) is 12.3 Å². The molecule has 6 heteroatoms. The zero-order chi connectivity index (χ0) is 12.4. The zero-order valence-electron chi connectivity index (χ0n) is 9.10. The summed E-state index contributed by atoms with van der Waals surface area (Å²) < 4.78 is 0. The van der Waals surface area contributed by atoms with Crippen molar-refractivity contribution in [3.63, 3.8) is 0 Å². The van der Waals surface area contributed by atoms with Crippen LogP contribution in [-0.4, -0.2) is 28.5 Å². The van der Waals surface area contributed by atoms with Crippen molar-refractivity contribution < 1.29 is 14.7 Å². The van der Waals surface area contributed by atoms with Crippen molar-refractivity contribution >= 4 is 41.1 Å². The summed E-state index contributed by atoms with van der Waals surface area (Å²) in [7, 11) is 0. The fraction of sp³-hybridized carbons (Fsp3) is 0.273. The van der Waals surface area contributed by atoms with Gasteiger partial charge in [0.15, 0.2) is 0 Å². The van der Waals surface area contributed by atoms with Gasteiger partial charge < -0.3 is 10.4 Å². The van der Waals surface area contributed by atoms with Gasteiger partial charge in [-0.25, -0.2) is 0 Å². The molecule has 4 nitrogen and oxygen atoms in total. The summed E-state index contributed by atoms with van der Waals surface area (Å²) >= 11 is 2.93. The van der Waals surface area contributed by atoms with Crippen molar-refractivity contribution in [1.29, 1.82) is 0 Å². The van der Waals surface area contributed by atoms with Crippen LogP contribution in [0.15, 0.2) is 28.0 Å². The fourth-order valence-corrected chi connectivity index (χ4v) is 3.20. The Morgan fingerprint density at radius 2 is 2.35 bits per heavy atom. The lowest BCUT2D eigenvalue weighted by molar-refractivity contribution is -0.138. The number of amides is 1. The Bertz CT molecular complexity index is 476. The van der Waals surface area contributed by atoms with Gasteiger partial charge in [0.05, 0.1) is 17.4 Å². The maximum Gasteiger partial charge on any atom is 0.305 e. The number of carboxylic acid groups (broad SMARTS) is 1. The van der Waals surface area contributed by atoms with Crippen LogP contribution in [0.5, 0.6) is 0 Å². The van der Waals surface area contributed by atoms with Crippen LogP contribution in [0.3, 0.4) is 0 Å². The van der Waals surface area contributed by atoms with Gasteiger partial charge in [-0.1, -0.05) is 0 Å². The Balaban J connectivity index is 2.25. The van der Waals surface area contributed by atoms with Gasteiger partial charge in [-0.05, 0) is 24.5 Å². The van der Waals surface area contributed by atoms with Crippen LogP contribution < -0.4 is 5.32 Å². The van der Waals surface area contributed by atoms with E-state index in [9.17, 15) is 9.59 Å². The third-order valence-corrected chi connectivity index (χ3v) is 4.35. The van der Waals surface area contributed by atoms with Crippen molar-refractivity contribution in [2.45, 2.75) is 21.5 Å². The molecule has 0 saturated carbocycles. The van der Waals surface area contributed by atoms with Gasteiger partial charge in [0.2, 0.25) is 5.91 Å². The Kier molecular flexibility index (Phi) is 3.63. The second-order valence-corrected chi connectivity index (χ2v) is 5.68. The lowest BCUT2D eigenvalue weighted by Gasteiger charge is -2.23. The number of aliphatic carboxylic acids is 1. The summed E-state index contributed by atoms with van der Waals surface area (Å²) in [6, 6.07) is 5.75. The van der Waals surface area contributed by atoms with Crippen molar-refractivity contribution in [3.8, 4) is 0 Å². The average Bonchev–Trinajstić information content (AvgIpc) is 2.29. The van der Waals surface area contributed by atoms with Gasteiger partial charge in [0.25, 0.3) is 0 Å². The van der Waals surface area contributed by atoms with Crippen LogP contribution in [0.1, 0.15) is 6.42 Å². The molecular weight excluding hydrogens is 258 g/mol. The smallest absolute Gasteiger partial charge is 0.305 e. The van der Waals surface area contributed by atoms with Gasteiger partial charge in [-0.15, -0.1) is 23.5 Å². The second-order valence-electron chi connectivity index (χ2n) is 3.56. The van der Waals surface area contributed by atoms with Gasteiger partial charge in [-0.3, -0.25) is 9.59 Å². The predicted octanol–water partition coefficient (Wildman–Crippen LogP) is 2.30. The maximum atomic E-state index is 11.6. The molecule has 1 atom stereocenters. The Hall–Kier alpha value is -1.14. The SMILES string of the molecule is CSc1ccc2c(c1)SC(CC(=O)O)C(=O)N2. The standard InChI is InChI=1S/C11H11NO3S2/c1-16-6-2-3-7-8(4-6)17-9(5-10(13)14)11(15)12-7/h2-4,9H,5H2,1H3,(H,12,15)(H,13,14). The van der Waals surface area contributed by atoms with Gasteiger partial charge >= 0.3 is 5.97 Å². The molecule has 1 aliphatic heterocycles. The normalized spacial score (nSPS) is 18.4. The second kappa shape index (κ2) is 5.01. The fourth-order valence-electron chi connectivity index (χ4n) is 1.54. The highest BCUT2D eigenvalue weighted by Crippen LogP contribution is 2.38. The Morgan fingerprint density at radius 3 is 3.00 bits per heavy atom. The highest BCUT2D eigenvalue weighted by atomic mass is 32.2. The first-order chi connectivity index (χ1) is 8.10. The number of carbonyl (C=O) groups is 2. The molecule has 2 N–H and O–H groups in total. The van der Waals surface area contributed by atoms with Gasteiger partial charge in [0.1, 0.15) is 0 Å². The summed E-state index contributed by atoms with van der Waals surface area (Å²) in [5.74, 6) is -1.19. The molecule has 1 amide bonds. The van der Waals surface area contributed by atoms with E-state index in [0.717, 1.165) is 15.5 Å². The van der Waals surface area contributed by atoms with Crippen molar-refractivity contribution in [2.75, 3.05) is 11.6 Å². The maximum absolute atomic E-state index is 11.6. The summed E-state index contributed by atoms with van der Waals surface area (Å²) in [4.78, 5) is 24.3. The molecule has 0 bridgehead atoms. The third-order valence-electron chi connectivity index (χ3n) is 2.37. The lowest BCUT2D eigenvalue weighted by atomic mass is 10.2. The minimum absolute atomic E-state index is 0.153. The summed E-state index contributed by atoms with van der Waals surface area (Å²) in [5.41, 5.74) is 0.763. The number of hydrogen-bond acceptors (Lipinski definition) is 4. The predicted molar refractivity (Wildman–Crippen MR) is 68.8 cm³/mol. The largest absolute Gasteiger partial charge is 0.481 e. The highest BCUT2D eigenvalue weighted by molar-refractivity contribution is 8.01. The van der Waals surface area contributed by atoms with E-state index < -0.39 is 11.2 Å². The molecule has 1 unspecified atom stereocenters. The molecule has 1 aliphatic rings. The van der Waals surface area contributed by atoms with Gasteiger partial charge in [-0.2, -0.15) is 0 Å². The Labute approximate surface area is 107 Å². The summed E-state index contributed by atoms with van der Waals surface area (Å²) in [6.07, 6.45) is 1.82. The molecule has 1 aromatic carbocycles. The monoisotopic (exact) mass is 269 g/mol. The minimum atomic E-state index is -0.956. The van der Waals surface area contributed by atoms with Crippen LogP contribution in [0, 0.1) is 0 Å². The van der Waals surface area contributed by atoms with Crippen LogP contribution in [0.25, 0.3) is 0 Å². The summed E-state index contributed by atoms with van der Waals surface area (Å²) in [5, 5.41) is 10.9. The van der Waals surface area contributed by atoms with Gasteiger partial charge in [0, 0.05) is 9.79 Å². The quantitative estimate of drug-likeness (QED) is 0.824. The average molecular weight is 269 g/mol. The van der Waals surface area contributed by atoms with Crippen LogP contribution in [0.4, 0.5) is 5.69 Å². The molecule has 1 heterocycles. The molecule has 1 aromatic rings. The highest BCUT2D eigenvalue weighted by Gasteiger charge is 2.28. The van der Waals surface area contributed by atoms with E-state index in [2.05, 4.69) is 5.32 Å². The van der Waals surface area contributed by atoms with Crippen LogP contribution in [-0.2, 0) is 9.59 Å². The minimum Gasteiger partial charge on any atom is -0.481 e. The van der Waals surface area contributed by atoms with E-state index in [4.69, 9.17) is 5.11 Å². The van der Waals surface area contributed by atoms with Crippen molar-refractivity contribution in [2.24, 2.45) is 0 Å². The molecule has 0 saturated heterocycles. The van der Waals surface area contributed by atoms with E-state index in [1.807, 2.05) is 24.5 Å². The third kappa shape index (κ3) is 2.76. The van der Waals surface area contributed by atoms with E-state index in [0.29, 0.717) is 0 Å². The first-order valence-electron chi connectivity index (χ1n) is 4.97. The molecule has 0 spiro atoms. The molecule has 17 heavy (non-hydrogen) atoms. The number of nitrogens with one attached hydrogen (secondary N) is 1. The first kappa shape index (κ1) is 12.3. The molecule has 2 rings (SSSR count). The molecule has 90 valence electrons. The molecule has 0 fully saturated rings. The van der Waals surface area contributed by atoms with Crippen molar-refractivity contribution in [3.05, 3.63) is 18.2 Å². The number of carbonyl (C=O) groups excluding carboxylic acids is 1. The number of benzene rings is 1. The number of carboxylic acids is 1. The number of fused-ring (bicyclic) bond motifs is 1. The Morgan fingerprint density at radius 1 is 1.59 bits per heavy atom. The molecular formula is C11H11NO3S2. The number of rotatable bonds is 3. The summed E-state index contributed by atoms with van der Waals surface area (Å²) in [6.45, 7) is 0. The lowest BCUT2D eigenvalue weighted by Crippen LogP contribution is -2.30. The number of anilines is 1. The molecule has 0 aliphatic carbocycles. The topological polar surface area (TPSA) is 66.4 Å². The first-order valence-corrected chi connectivity index (χ1v) is 7.08. The number of hydrogen-bond donors (Lipinski definition) is 2. The van der Waals surface area contributed by atoms with E-state index in [1.165, 1.54) is 11.8 Å². The van der Waals surface area contributed by atoms with Crippen molar-refractivity contribution in [1.82, 2.24) is 0 Å². The number of thioether (sulfide) groups is 2. The van der Waals surface area contributed by atoms with E-state index in [1.54, 1.807) is 11.8 Å². The van der Waals surface area contributed by atoms with Crippen LogP contribution >= 0.6 is 23.5 Å². The zero-order valence-corrected chi connectivity index (χ0v) is 10.7. The van der Waals surface area contributed by atoms with E-state index >= 15 is 0 Å². The van der Waals surface area contributed by atoms with Crippen LogP contribution in [0.2, 0.25) is 0 Å². The molecule has 0 aromatic heterocycles.